The normalized spacial score (nSPS) is 14.3. The van der Waals surface area contributed by atoms with E-state index in [1.54, 1.807) is 35.2 Å². The smallest absolute Gasteiger partial charge is 0.275 e. The first-order valence-corrected chi connectivity index (χ1v) is 10.9. The Hall–Kier alpha value is -3.42. The third-order valence-corrected chi connectivity index (χ3v) is 5.56. The van der Waals surface area contributed by atoms with E-state index >= 15 is 0 Å². The summed E-state index contributed by atoms with van der Waals surface area (Å²) >= 11 is 0. The maximum Gasteiger partial charge on any atom is 0.275 e. The number of hydrogen-bond donors (Lipinski definition) is 0. The molecule has 168 valence electrons. The Morgan fingerprint density at radius 3 is 2.44 bits per heavy atom. The van der Waals surface area contributed by atoms with Gasteiger partial charge < -0.3 is 14.5 Å². The van der Waals surface area contributed by atoms with E-state index in [0.29, 0.717) is 54.9 Å². The van der Waals surface area contributed by atoms with Crippen molar-refractivity contribution in [1.29, 1.82) is 0 Å². The van der Waals surface area contributed by atoms with Crippen LogP contribution in [0.4, 0.5) is 10.1 Å². The molecule has 7 nitrogen and oxygen atoms in total. The Labute approximate surface area is 186 Å². The second-order valence-electron chi connectivity index (χ2n) is 8.07. The number of hydrogen-bond acceptors (Lipinski definition) is 5. The number of halogens is 1. The summed E-state index contributed by atoms with van der Waals surface area (Å²) in [6.45, 7) is 8.15. The van der Waals surface area contributed by atoms with Crippen LogP contribution in [0.15, 0.2) is 47.3 Å². The summed E-state index contributed by atoms with van der Waals surface area (Å²) in [5, 5.41) is 5.43. The third kappa shape index (κ3) is 4.17. The molecule has 0 bridgehead atoms. The van der Waals surface area contributed by atoms with Crippen molar-refractivity contribution in [1.82, 2.24) is 14.7 Å². The molecule has 1 fully saturated rings. The molecule has 3 aromatic rings. The molecule has 0 radical (unpaired) electrons. The second kappa shape index (κ2) is 8.98. The van der Waals surface area contributed by atoms with E-state index in [4.69, 9.17) is 4.74 Å². The van der Waals surface area contributed by atoms with Crippen molar-refractivity contribution in [3.8, 4) is 5.75 Å². The molecule has 0 N–H and O–H groups in total. The minimum absolute atomic E-state index is 0.0768. The van der Waals surface area contributed by atoms with Gasteiger partial charge >= 0.3 is 0 Å². The number of rotatable bonds is 5. The summed E-state index contributed by atoms with van der Waals surface area (Å²) in [6.07, 6.45) is -0.0768. The largest absolute Gasteiger partial charge is 0.489 e. The highest BCUT2D eigenvalue weighted by Crippen LogP contribution is 2.31. The molecular weight excluding hydrogens is 411 g/mol. The highest BCUT2D eigenvalue weighted by molar-refractivity contribution is 6.04. The van der Waals surface area contributed by atoms with E-state index in [9.17, 15) is 14.0 Å². The zero-order chi connectivity index (χ0) is 22.8. The molecule has 8 heteroatoms. The van der Waals surface area contributed by atoms with E-state index in [0.717, 1.165) is 5.69 Å². The fraction of sp³-hybridized carbons (Fsp3) is 0.375. The Morgan fingerprint density at radius 2 is 1.78 bits per heavy atom. The molecule has 4 rings (SSSR count). The van der Waals surface area contributed by atoms with E-state index in [1.807, 2.05) is 20.8 Å². The van der Waals surface area contributed by atoms with Crippen LogP contribution in [0.1, 0.15) is 31.3 Å². The molecule has 0 atom stereocenters. The number of anilines is 1. The Morgan fingerprint density at radius 1 is 1.09 bits per heavy atom. The minimum Gasteiger partial charge on any atom is -0.489 e. The Balaban J connectivity index is 1.57. The van der Waals surface area contributed by atoms with Gasteiger partial charge in [0, 0.05) is 44.2 Å². The molecule has 1 aromatic heterocycles. The van der Waals surface area contributed by atoms with Gasteiger partial charge in [0.1, 0.15) is 11.6 Å². The molecular formula is C24H27FN4O3. The van der Waals surface area contributed by atoms with Gasteiger partial charge in [-0.1, -0.05) is 18.2 Å². The van der Waals surface area contributed by atoms with Gasteiger partial charge in [-0.3, -0.25) is 9.59 Å². The lowest BCUT2D eigenvalue weighted by atomic mass is 10.1. The first kappa shape index (κ1) is 21.8. The first-order chi connectivity index (χ1) is 15.4. The van der Waals surface area contributed by atoms with Gasteiger partial charge in [-0.25, -0.2) is 9.07 Å². The van der Waals surface area contributed by atoms with Gasteiger partial charge in [0.15, 0.2) is 5.69 Å². The number of aromatic nitrogens is 2. The molecule has 0 unspecified atom stereocenters. The van der Waals surface area contributed by atoms with Crippen molar-refractivity contribution in [3.63, 3.8) is 0 Å². The van der Waals surface area contributed by atoms with E-state index in [-0.39, 0.29) is 23.4 Å². The number of aryl methyl sites for hydroxylation is 1. The second-order valence-corrected chi connectivity index (χ2v) is 8.07. The van der Waals surface area contributed by atoms with Crippen molar-refractivity contribution in [2.24, 2.45) is 0 Å². The average molecular weight is 439 g/mol. The summed E-state index contributed by atoms with van der Waals surface area (Å²) in [4.78, 5) is 29.8. The molecule has 0 aliphatic carbocycles. The van der Waals surface area contributed by atoms with E-state index < -0.39 is 0 Å². The number of nitrogens with zero attached hydrogens (tertiary/aromatic N) is 4. The Bertz CT molecular complexity index is 1200. The van der Waals surface area contributed by atoms with Crippen LogP contribution in [-0.4, -0.2) is 52.9 Å². The van der Waals surface area contributed by atoms with Crippen LogP contribution in [0.5, 0.6) is 5.75 Å². The number of benzene rings is 2. The number of amides is 1. The monoisotopic (exact) mass is 438 g/mol. The maximum atomic E-state index is 13.8. The minimum atomic E-state index is -0.345. The van der Waals surface area contributed by atoms with Gasteiger partial charge in [0.25, 0.3) is 11.5 Å². The zero-order valence-corrected chi connectivity index (χ0v) is 18.5. The molecule has 1 saturated heterocycles. The molecule has 32 heavy (non-hydrogen) atoms. The Kier molecular flexibility index (Phi) is 6.12. The van der Waals surface area contributed by atoms with Crippen LogP contribution >= 0.6 is 0 Å². The van der Waals surface area contributed by atoms with Crippen LogP contribution in [-0.2, 0) is 6.54 Å². The van der Waals surface area contributed by atoms with Crippen molar-refractivity contribution < 1.29 is 13.9 Å². The number of ether oxygens (including phenoxy) is 1. The summed E-state index contributed by atoms with van der Waals surface area (Å²) in [5.74, 6) is -0.0366. The highest BCUT2D eigenvalue weighted by atomic mass is 19.1. The standard InChI is InChI=1S/C24H27FN4O3/c1-4-29-23(30)19-8-6-5-7-18(19)22(26-29)24(31)28-13-11-27(12-14-28)20-10-9-17(25)15-21(20)32-16(2)3/h5-10,15-16H,4,11-14H2,1-3H3. The molecule has 1 amide bonds. The van der Waals surface area contributed by atoms with E-state index in [2.05, 4.69) is 10.00 Å². The molecule has 2 aromatic carbocycles. The SMILES string of the molecule is CCn1nc(C(=O)N2CCN(c3ccc(F)cc3OC(C)C)CC2)c2ccccc2c1=O. The lowest BCUT2D eigenvalue weighted by Gasteiger charge is -2.36. The van der Waals surface area contributed by atoms with Gasteiger partial charge in [0.05, 0.1) is 17.2 Å². The quantitative estimate of drug-likeness (QED) is 0.612. The lowest BCUT2D eigenvalue weighted by Crippen LogP contribution is -2.49. The average Bonchev–Trinajstić information content (AvgIpc) is 2.79. The van der Waals surface area contributed by atoms with Crippen LogP contribution < -0.4 is 15.2 Å². The van der Waals surface area contributed by atoms with Crippen LogP contribution in [0.3, 0.4) is 0 Å². The lowest BCUT2D eigenvalue weighted by molar-refractivity contribution is 0.0740. The topological polar surface area (TPSA) is 67.7 Å². The molecule has 1 aliphatic heterocycles. The third-order valence-electron chi connectivity index (χ3n) is 5.56. The number of fused-ring (bicyclic) bond motifs is 1. The van der Waals surface area contributed by atoms with E-state index in [1.165, 1.54) is 16.8 Å². The number of carbonyl (C=O) groups excluding carboxylic acids is 1. The number of piperazine rings is 1. The number of carbonyl (C=O) groups is 1. The molecule has 0 spiro atoms. The first-order valence-electron chi connectivity index (χ1n) is 10.9. The molecule has 1 aliphatic rings. The summed E-state index contributed by atoms with van der Waals surface area (Å²) in [6, 6.07) is 11.6. The molecule has 0 saturated carbocycles. The van der Waals surface area contributed by atoms with Gasteiger partial charge in [-0.15, -0.1) is 0 Å². The zero-order valence-electron chi connectivity index (χ0n) is 18.5. The van der Waals surface area contributed by atoms with Gasteiger partial charge in [-0.2, -0.15) is 5.10 Å². The summed E-state index contributed by atoms with van der Waals surface area (Å²) in [5.41, 5.74) is 0.912. The fourth-order valence-corrected chi connectivity index (χ4v) is 4.01. The van der Waals surface area contributed by atoms with Gasteiger partial charge in [-0.05, 0) is 39.0 Å². The maximum absolute atomic E-state index is 13.8. The predicted octanol–water partition coefficient (Wildman–Crippen LogP) is 3.31. The van der Waals surface area contributed by atoms with Crippen molar-refractivity contribution >= 4 is 22.4 Å². The van der Waals surface area contributed by atoms with Crippen molar-refractivity contribution in [3.05, 3.63) is 64.3 Å². The van der Waals surface area contributed by atoms with Crippen LogP contribution in [0.25, 0.3) is 10.8 Å². The van der Waals surface area contributed by atoms with Crippen LogP contribution in [0.2, 0.25) is 0 Å². The summed E-state index contributed by atoms with van der Waals surface area (Å²) in [7, 11) is 0. The van der Waals surface area contributed by atoms with Crippen molar-refractivity contribution in [2.75, 3.05) is 31.1 Å². The summed E-state index contributed by atoms with van der Waals surface area (Å²) < 4.78 is 20.9. The molecule has 2 heterocycles. The van der Waals surface area contributed by atoms with Crippen LogP contribution in [0, 0.1) is 5.82 Å². The fourth-order valence-electron chi connectivity index (χ4n) is 4.01. The predicted molar refractivity (Wildman–Crippen MR) is 122 cm³/mol. The van der Waals surface area contributed by atoms with Gasteiger partial charge in [0.2, 0.25) is 0 Å². The highest BCUT2D eigenvalue weighted by Gasteiger charge is 2.27. The van der Waals surface area contributed by atoms with Crippen molar-refractivity contribution in [2.45, 2.75) is 33.4 Å².